The van der Waals surface area contributed by atoms with Crippen molar-refractivity contribution in [3.05, 3.63) is 65.0 Å². The molecule has 0 saturated carbocycles. The first-order valence-electron chi connectivity index (χ1n) is 8.77. The Morgan fingerprint density at radius 2 is 1.79 bits per heavy atom. The molecule has 3 aromatic rings. The van der Waals surface area contributed by atoms with Gasteiger partial charge in [-0.1, -0.05) is 30.3 Å². The summed E-state index contributed by atoms with van der Waals surface area (Å²) in [7, 11) is 1.57. The molecule has 1 aromatic heterocycles. The molecule has 0 spiro atoms. The number of nitrogens with one attached hydrogen (secondary N) is 1. The van der Waals surface area contributed by atoms with Gasteiger partial charge in [-0.05, 0) is 31.2 Å². The van der Waals surface area contributed by atoms with E-state index in [1.54, 1.807) is 38.3 Å². The lowest BCUT2D eigenvalue weighted by Gasteiger charge is -2.03. The fraction of sp³-hybridized carbons (Fsp3) is 0.190. The number of nitrogens with zero attached hydrogens (tertiary/aromatic N) is 1. The van der Waals surface area contributed by atoms with Crippen LogP contribution in [0.15, 0.2) is 54.6 Å². The Kier molecular flexibility index (Phi) is 6.39. The Labute approximate surface area is 167 Å². The Bertz CT molecular complexity index is 952. The van der Waals surface area contributed by atoms with Crippen LogP contribution in [0.2, 0.25) is 0 Å². The highest BCUT2D eigenvalue weighted by Crippen LogP contribution is 2.32. The van der Waals surface area contributed by atoms with E-state index in [-0.39, 0.29) is 18.3 Å². The first kappa shape index (κ1) is 19.6. The summed E-state index contributed by atoms with van der Waals surface area (Å²) in [6, 6.07) is 16.3. The van der Waals surface area contributed by atoms with Crippen LogP contribution in [0.4, 0.5) is 5.13 Å². The van der Waals surface area contributed by atoms with Crippen LogP contribution in [0.5, 0.6) is 5.75 Å². The SMILES string of the molecule is CCOC(=O)Cc1sc(NC(=O)c2ccc(OC)cc2)nc1-c1ccccc1. The van der Waals surface area contributed by atoms with E-state index in [4.69, 9.17) is 9.47 Å². The van der Waals surface area contributed by atoms with E-state index >= 15 is 0 Å². The van der Waals surface area contributed by atoms with Crippen LogP contribution in [0.3, 0.4) is 0 Å². The predicted octanol–water partition coefficient (Wildman–Crippen LogP) is 4.18. The van der Waals surface area contributed by atoms with Crippen molar-refractivity contribution in [3.63, 3.8) is 0 Å². The Balaban J connectivity index is 1.85. The quantitative estimate of drug-likeness (QED) is 0.606. The summed E-state index contributed by atoms with van der Waals surface area (Å²) in [6.07, 6.45) is 0.105. The number of benzene rings is 2. The number of carbonyl (C=O) groups is 2. The fourth-order valence-electron chi connectivity index (χ4n) is 2.60. The summed E-state index contributed by atoms with van der Waals surface area (Å²) < 4.78 is 10.2. The van der Waals surface area contributed by atoms with Gasteiger partial charge >= 0.3 is 5.97 Å². The highest BCUT2D eigenvalue weighted by atomic mass is 32.1. The molecule has 0 unspecified atom stereocenters. The van der Waals surface area contributed by atoms with E-state index < -0.39 is 0 Å². The molecule has 7 heteroatoms. The molecule has 0 aliphatic heterocycles. The first-order valence-corrected chi connectivity index (χ1v) is 9.58. The smallest absolute Gasteiger partial charge is 0.311 e. The summed E-state index contributed by atoms with van der Waals surface area (Å²) >= 11 is 1.27. The molecule has 0 radical (unpaired) electrons. The van der Waals surface area contributed by atoms with E-state index in [0.29, 0.717) is 28.7 Å². The van der Waals surface area contributed by atoms with E-state index in [1.807, 2.05) is 30.3 Å². The van der Waals surface area contributed by atoms with Crippen molar-refractivity contribution < 1.29 is 19.1 Å². The van der Waals surface area contributed by atoms with Gasteiger partial charge in [0.2, 0.25) is 0 Å². The van der Waals surface area contributed by atoms with Crippen LogP contribution in [0.25, 0.3) is 11.3 Å². The lowest BCUT2D eigenvalue weighted by molar-refractivity contribution is -0.142. The molecule has 0 bridgehead atoms. The van der Waals surface area contributed by atoms with Crippen LogP contribution < -0.4 is 10.1 Å². The van der Waals surface area contributed by atoms with Crippen molar-refractivity contribution >= 4 is 28.3 Å². The molecule has 1 heterocycles. The molecule has 2 aromatic carbocycles. The molecule has 0 aliphatic carbocycles. The molecule has 0 aliphatic rings. The molecular formula is C21H20N2O4S. The third kappa shape index (κ3) is 4.75. The number of ether oxygens (including phenoxy) is 2. The van der Waals surface area contributed by atoms with Crippen LogP contribution in [0, 0.1) is 0 Å². The molecule has 1 N–H and O–H groups in total. The van der Waals surface area contributed by atoms with Crippen molar-refractivity contribution in [2.75, 3.05) is 19.0 Å². The minimum atomic E-state index is -0.323. The normalized spacial score (nSPS) is 10.4. The van der Waals surface area contributed by atoms with Crippen molar-refractivity contribution in [1.82, 2.24) is 4.98 Å². The molecule has 0 fully saturated rings. The van der Waals surface area contributed by atoms with Gasteiger partial charge in [0.05, 0.1) is 25.8 Å². The van der Waals surface area contributed by atoms with Crippen LogP contribution in [-0.2, 0) is 16.0 Å². The van der Waals surface area contributed by atoms with Crippen LogP contribution in [0.1, 0.15) is 22.2 Å². The topological polar surface area (TPSA) is 77.5 Å². The lowest BCUT2D eigenvalue weighted by Crippen LogP contribution is -2.11. The molecular weight excluding hydrogens is 376 g/mol. The van der Waals surface area contributed by atoms with E-state index in [1.165, 1.54) is 11.3 Å². The van der Waals surface area contributed by atoms with Crippen molar-refractivity contribution in [2.24, 2.45) is 0 Å². The zero-order valence-electron chi connectivity index (χ0n) is 15.6. The van der Waals surface area contributed by atoms with Gasteiger partial charge in [0, 0.05) is 16.0 Å². The lowest BCUT2D eigenvalue weighted by atomic mass is 10.1. The maximum absolute atomic E-state index is 12.5. The zero-order valence-corrected chi connectivity index (χ0v) is 16.4. The van der Waals surface area contributed by atoms with Gasteiger partial charge in [0.1, 0.15) is 5.75 Å². The van der Waals surface area contributed by atoms with E-state index in [2.05, 4.69) is 10.3 Å². The molecule has 1 amide bonds. The molecule has 0 saturated heterocycles. The van der Waals surface area contributed by atoms with Gasteiger partial charge in [0.15, 0.2) is 5.13 Å². The van der Waals surface area contributed by atoms with Crippen molar-refractivity contribution in [2.45, 2.75) is 13.3 Å². The van der Waals surface area contributed by atoms with E-state index in [9.17, 15) is 9.59 Å². The predicted molar refractivity (Wildman–Crippen MR) is 109 cm³/mol. The highest BCUT2D eigenvalue weighted by Gasteiger charge is 2.18. The second-order valence-corrected chi connectivity index (χ2v) is 6.90. The highest BCUT2D eigenvalue weighted by molar-refractivity contribution is 7.16. The minimum absolute atomic E-state index is 0.105. The van der Waals surface area contributed by atoms with Gasteiger partial charge in [-0.25, -0.2) is 4.98 Å². The average Bonchev–Trinajstić information content (AvgIpc) is 3.10. The maximum atomic E-state index is 12.5. The number of anilines is 1. The number of methoxy groups -OCH3 is 1. The summed E-state index contributed by atoms with van der Waals surface area (Å²) in [5.74, 6) is 0.0731. The van der Waals surface area contributed by atoms with Gasteiger partial charge in [0.25, 0.3) is 5.91 Å². The zero-order chi connectivity index (χ0) is 19.9. The second kappa shape index (κ2) is 9.14. The summed E-state index contributed by atoms with van der Waals surface area (Å²) in [5.41, 5.74) is 2.04. The standard InChI is InChI=1S/C21H20N2O4S/c1-3-27-18(24)13-17-19(14-7-5-4-6-8-14)22-21(28-17)23-20(25)15-9-11-16(26-2)12-10-15/h4-12H,3,13H2,1-2H3,(H,22,23,25). The number of thiazole rings is 1. The number of aromatic nitrogens is 1. The maximum Gasteiger partial charge on any atom is 0.311 e. The third-order valence-electron chi connectivity index (χ3n) is 3.93. The van der Waals surface area contributed by atoms with Gasteiger partial charge in [-0.3, -0.25) is 14.9 Å². The average molecular weight is 396 g/mol. The summed E-state index contributed by atoms with van der Waals surface area (Å²) in [6.45, 7) is 2.09. The number of hydrogen-bond donors (Lipinski definition) is 1. The van der Waals surface area contributed by atoms with E-state index in [0.717, 1.165) is 10.4 Å². The Morgan fingerprint density at radius 3 is 2.43 bits per heavy atom. The largest absolute Gasteiger partial charge is 0.497 e. The summed E-state index contributed by atoms with van der Waals surface area (Å²) in [5, 5.41) is 3.24. The first-order chi connectivity index (χ1) is 13.6. The number of hydrogen-bond acceptors (Lipinski definition) is 6. The minimum Gasteiger partial charge on any atom is -0.497 e. The molecule has 28 heavy (non-hydrogen) atoms. The molecule has 0 atom stereocenters. The van der Waals surface area contributed by atoms with Crippen LogP contribution >= 0.6 is 11.3 Å². The number of amides is 1. The van der Waals surface area contributed by atoms with Gasteiger partial charge < -0.3 is 9.47 Å². The van der Waals surface area contributed by atoms with Gasteiger partial charge in [-0.2, -0.15) is 0 Å². The second-order valence-electron chi connectivity index (χ2n) is 5.82. The monoisotopic (exact) mass is 396 g/mol. The molecule has 144 valence electrons. The molecule has 3 rings (SSSR count). The van der Waals surface area contributed by atoms with Gasteiger partial charge in [-0.15, -0.1) is 11.3 Å². The van der Waals surface area contributed by atoms with Crippen molar-refractivity contribution in [3.8, 4) is 17.0 Å². The van der Waals surface area contributed by atoms with Crippen LogP contribution in [-0.4, -0.2) is 30.6 Å². The van der Waals surface area contributed by atoms with Crippen molar-refractivity contribution in [1.29, 1.82) is 0 Å². The summed E-state index contributed by atoms with van der Waals surface area (Å²) in [4.78, 5) is 29.8. The third-order valence-corrected chi connectivity index (χ3v) is 4.90. The molecule has 6 nitrogen and oxygen atoms in total. The number of rotatable bonds is 7. The number of carbonyl (C=O) groups excluding carboxylic acids is 2. The number of esters is 1. The fourth-order valence-corrected chi connectivity index (χ4v) is 3.57. The Morgan fingerprint density at radius 1 is 1.07 bits per heavy atom. The Hall–Kier alpha value is -3.19.